The fraction of sp³-hybridized carbons (Fsp3) is 0.421. The first kappa shape index (κ1) is 18.7. The van der Waals surface area contributed by atoms with Crippen LogP contribution >= 0.6 is 0 Å². The molecule has 0 unspecified atom stereocenters. The van der Waals surface area contributed by atoms with E-state index in [0.717, 1.165) is 24.3 Å². The molecule has 2 N–H and O–H groups in total. The lowest BCUT2D eigenvalue weighted by Gasteiger charge is -2.10. The summed E-state index contributed by atoms with van der Waals surface area (Å²) in [5, 5.41) is 6.14. The monoisotopic (exact) mass is 342 g/mol. The third-order valence-electron chi connectivity index (χ3n) is 3.71. The summed E-state index contributed by atoms with van der Waals surface area (Å²) in [7, 11) is 1.63. The number of methoxy groups -OCH3 is 1. The van der Waals surface area contributed by atoms with Gasteiger partial charge in [-0.15, -0.1) is 0 Å². The predicted molar refractivity (Wildman–Crippen MR) is 98.9 cm³/mol. The van der Waals surface area contributed by atoms with Crippen LogP contribution in [0.15, 0.2) is 30.3 Å². The second-order valence-electron chi connectivity index (χ2n) is 6.33. The first-order valence-corrected chi connectivity index (χ1v) is 8.48. The smallest absolute Gasteiger partial charge is 0.270 e. The zero-order chi connectivity index (χ0) is 18.2. The number of anilines is 1. The van der Waals surface area contributed by atoms with E-state index < -0.39 is 0 Å². The van der Waals surface area contributed by atoms with Crippen molar-refractivity contribution in [3.8, 4) is 5.75 Å². The molecule has 0 saturated carbocycles. The highest BCUT2D eigenvalue weighted by Crippen LogP contribution is 2.12. The van der Waals surface area contributed by atoms with E-state index in [4.69, 9.17) is 4.74 Å². The quantitative estimate of drug-likeness (QED) is 0.770. The summed E-state index contributed by atoms with van der Waals surface area (Å²) in [6.07, 6.45) is 1.04. The van der Waals surface area contributed by atoms with Crippen LogP contribution in [0.3, 0.4) is 0 Å². The average Bonchev–Trinajstić information content (AvgIpc) is 2.59. The number of hydrogen-bond acceptors (Lipinski definition) is 5. The van der Waals surface area contributed by atoms with Crippen molar-refractivity contribution in [2.24, 2.45) is 5.92 Å². The number of benzene rings is 1. The number of aromatic nitrogens is 2. The Morgan fingerprint density at radius 2 is 1.92 bits per heavy atom. The van der Waals surface area contributed by atoms with Gasteiger partial charge < -0.3 is 15.4 Å². The van der Waals surface area contributed by atoms with Crippen molar-refractivity contribution in [2.75, 3.05) is 19.0 Å². The summed E-state index contributed by atoms with van der Waals surface area (Å²) in [6, 6.07) is 9.27. The Bertz CT molecular complexity index is 699. The molecule has 6 heteroatoms. The summed E-state index contributed by atoms with van der Waals surface area (Å²) in [5.74, 6) is 2.45. The molecule has 0 bridgehead atoms. The fourth-order valence-corrected chi connectivity index (χ4v) is 2.28. The third-order valence-corrected chi connectivity index (χ3v) is 3.71. The van der Waals surface area contributed by atoms with Gasteiger partial charge in [0.25, 0.3) is 5.91 Å². The maximum absolute atomic E-state index is 12.4. The van der Waals surface area contributed by atoms with Crippen LogP contribution in [0.1, 0.15) is 42.1 Å². The lowest BCUT2D eigenvalue weighted by molar-refractivity contribution is 0.0945. The van der Waals surface area contributed by atoms with Gasteiger partial charge in [0.1, 0.15) is 23.1 Å². The van der Waals surface area contributed by atoms with Gasteiger partial charge in [0, 0.05) is 19.2 Å². The maximum Gasteiger partial charge on any atom is 0.270 e. The molecular weight excluding hydrogens is 316 g/mol. The number of carbonyl (C=O) groups is 1. The summed E-state index contributed by atoms with van der Waals surface area (Å²) in [4.78, 5) is 20.9. The molecule has 0 radical (unpaired) electrons. The Hall–Kier alpha value is -2.63. The van der Waals surface area contributed by atoms with Crippen LogP contribution in [0.4, 0.5) is 5.82 Å². The first-order chi connectivity index (χ1) is 12.0. The van der Waals surface area contributed by atoms with Crippen molar-refractivity contribution in [2.45, 2.75) is 33.7 Å². The van der Waals surface area contributed by atoms with Gasteiger partial charge >= 0.3 is 0 Å². The number of aryl methyl sites for hydroxylation is 1. The molecule has 0 atom stereocenters. The molecule has 0 aliphatic rings. The largest absolute Gasteiger partial charge is 0.497 e. The van der Waals surface area contributed by atoms with Crippen LogP contribution in [0, 0.1) is 12.8 Å². The van der Waals surface area contributed by atoms with Crippen molar-refractivity contribution < 1.29 is 9.53 Å². The Morgan fingerprint density at radius 3 is 2.56 bits per heavy atom. The number of carbonyl (C=O) groups excluding carboxylic acids is 1. The Labute approximate surface area is 149 Å². The summed E-state index contributed by atoms with van der Waals surface area (Å²) in [6.45, 7) is 7.38. The lowest BCUT2D eigenvalue weighted by atomic mass is 10.1. The van der Waals surface area contributed by atoms with E-state index in [9.17, 15) is 4.79 Å². The number of rotatable bonds is 8. The van der Waals surface area contributed by atoms with Crippen LogP contribution in [0.5, 0.6) is 5.75 Å². The molecule has 0 spiro atoms. The van der Waals surface area contributed by atoms with E-state index in [0.29, 0.717) is 29.8 Å². The lowest BCUT2D eigenvalue weighted by Crippen LogP contribution is -2.24. The van der Waals surface area contributed by atoms with E-state index in [1.165, 1.54) is 0 Å². The van der Waals surface area contributed by atoms with Gasteiger partial charge in [-0.25, -0.2) is 9.97 Å². The van der Waals surface area contributed by atoms with Crippen molar-refractivity contribution in [1.82, 2.24) is 15.3 Å². The van der Waals surface area contributed by atoms with Crippen molar-refractivity contribution >= 4 is 11.7 Å². The number of nitrogens with one attached hydrogen (secondary N) is 2. The van der Waals surface area contributed by atoms with E-state index in [2.05, 4.69) is 34.4 Å². The minimum atomic E-state index is -0.215. The molecular formula is C19H26N4O2. The van der Waals surface area contributed by atoms with E-state index in [-0.39, 0.29) is 5.91 Å². The molecule has 1 aromatic heterocycles. The minimum absolute atomic E-state index is 0.215. The van der Waals surface area contributed by atoms with Crippen LogP contribution in [-0.4, -0.2) is 29.5 Å². The molecule has 1 heterocycles. The molecule has 0 aliphatic heterocycles. The SMILES string of the molecule is COc1ccc(CNC(=O)c2cc(NCCC(C)C)nc(C)n2)cc1. The number of ether oxygens (including phenoxy) is 1. The standard InChI is InChI=1S/C19H26N4O2/c1-13(2)9-10-20-18-11-17(22-14(3)23-18)19(24)21-12-15-5-7-16(25-4)8-6-15/h5-8,11,13H,9-10,12H2,1-4H3,(H,21,24)(H,20,22,23). The Balaban J connectivity index is 1.96. The molecule has 2 aromatic rings. The van der Waals surface area contributed by atoms with E-state index in [1.807, 2.05) is 24.3 Å². The van der Waals surface area contributed by atoms with Gasteiger partial charge in [-0.05, 0) is 37.0 Å². The van der Waals surface area contributed by atoms with Gasteiger partial charge in [-0.3, -0.25) is 4.79 Å². The second kappa shape index (κ2) is 9.01. The Morgan fingerprint density at radius 1 is 1.20 bits per heavy atom. The molecule has 0 saturated heterocycles. The molecule has 25 heavy (non-hydrogen) atoms. The van der Waals surface area contributed by atoms with Crippen LogP contribution in [0.2, 0.25) is 0 Å². The number of nitrogens with zero attached hydrogens (tertiary/aromatic N) is 2. The number of amides is 1. The normalized spacial score (nSPS) is 10.6. The number of hydrogen-bond donors (Lipinski definition) is 2. The van der Waals surface area contributed by atoms with Gasteiger partial charge in [-0.2, -0.15) is 0 Å². The second-order valence-corrected chi connectivity index (χ2v) is 6.33. The molecule has 0 aliphatic carbocycles. The van der Waals surface area contributed by atoms with Crippen LogP contribution in [0.25, 0.3) is 0 Å². The summed E-state index contributed by atoms with van der Waals surface area (Å²) in [5.41, 5.74) is 1.36. The van der Waals surface area contributed by atoms with Gasteiger partial charge in [0.15, 0.2) is 0 Å². The van der Waals surface area contributed by atoms with Crippen LogP contribution < -0.4 is 15.4 Å². The summed E-state index contributed by atoms with van der Waals surface area (Å²) >= 11 is 0. The summed E-state index contributed by atoms with van der Waals surface area (Å²) < 4.78 is 5.13. The van der Waals surface area contributed by atoms with E-state index >= 15 is 0 Å². The highest BCUT2D eigenvalue weighted by atomic mass is 16.5. The zero-order valence-electron chi connectivity index (χ0n) is 15.3. The first-order valence-electron chi connectivity index (χ1n) is 8.48. The topological polar surface area (TPSA) is 76.1 Å². The minimum Gasteiger partial charge on any atom is -0.497 e. The predicted octanol–water partition coefficient (Wildman–Crippen LogP) is 3.18. The van der Waals surface area contributed by atoms with Crippen molar-refractivity contribution in [3.05, 3.63) is 47.4 Å². The van der Waals surface area contributed by atoms with Crippen molar-refractivity contribution in [3.63, 3.8) is 0 Å². The average molecular weight is 342 g/mol. The maximum atomic E-state index is 12.4. The third kappa shape index (κ3) is 6.06. The van der Waals surface area contributed by atoms with Crippen LogP contribution in [-0.2, 0) is 6.54 Å². The fourth-order valence-electron chi connectivity index (χ4n) is 2.28. The highest BCUT2D eigenvalue weighted by Gasteiger charge is 2.10. The van der Waals surface area contributed by atoms with Gasteiger partial charge in [0.2, 0.25) is 0 Å². The van der Waals surface area contributed by atoms with Gasteiger partial charge in [0.05, 0.1) is 7.11 Å². The van der Waals surface area contributed by atoms with E-state index in [1.54, 1.807) is 20.1 Å². The molecule has 1 aromatic carbocycles. The zero-order valence-corrected chi connectivity index (χ0v) is 15.3. The Kier molecular flexibility index (Phi) is 6.74. The van der Waals surface area contributed by atoms with Gasteiger partial charge in [-0.1, -0.05) is 26.0 Å². The molecule has 1 amide bonds. The van der Waals surface area contributed by atoms with Crippen molar-refractivity contribution in [1.29, 1.82) is 0 Å². The molecule has 6 nitrogen and oxygen atoms in total. The highest BCUT2D eigenvalue weighted by molar-refractivity contribution is 5.92. The molecule has 0 fully saturated rings. The molecule has 2 rings (SSSR count). The molecule has 134 valence electrons.